The highest BCUT2D eigenvalue weighted by atomic mass is 16.4. The van der Waals surface area contributed by atoms with Crippen molar-refractivity contribution in [3.8, 4) is 0 Å². The molecule has 4 heteroatoms. The van der Waals surface area contributed by atoms with E-state index in [1.807, 2.05) is 0 Å². The highest BCUT2D eigenvalue weighted by Gasteiger charge is 2.42. The number of aliphatic carboxylic acids is 1. The van der Waals surface area contributed by atoms with Crippen molar-refractivity contribution in [2.75, 3.05) is 13.1 Å². The lowest BCUT2D eigenvalue weighted by Gasteiger charge is -2.49. The zero-order valence-corrected chi connectivity index (χ0v) is 12.0. The standard InChI is InChI=1S/C14H26N2O2/c1-13(2)7-11(8-14(3,4)15-13)16-6-5-10(9-16)12(17)18/h10-11,15H,5-9H2,1-4H3,(H,17,18). The molecule has 2 saturated heterocycles. The van der Waals surface area contributed by atoms with Crippen LogP contribution in [0.3, 0.4) is 0 Å². The Morgan fingerprint density at radius 1 is 1.22 bits per heavy atom. The Kier molecular flexibility index (Phi) is 3.45. The van der Waals surface area contributed by atoms with Gasteiger partial charge in [-0.25, -0.2) is 0 Å². The van der Waals surface area contributed by atoms with Crippen LogP contribution in [0.1, 0.15) is 47.0 Å². The number of hydrogen-bond donors (Lipinski definition) is 2. The van der Waals surface area contributed by atoms with Crippen molar-refractivity contribution in [3.63, 3.8) is 0 Å². The van der Waals surface area contributed by atoms with Crippen molar-refractivity contribution in [1.29, 1.82) is 0 Å². The van der Waals surface area contributed by atoms with Crippen LogP contribution in [-0.2, 0) is 4.79 Å². The molecule has 0 aromatic carbocycles. The summed E-state index contributed by atoms with van der Waals surface area (Å²) in [5.74, 6) is -0.795. The number of carboxylic acid groups (broad SMARTS) is 1. The maximum absolute atomic E-state index is 11.0. The lowest BCUT2D eigenvalue weighted by Crippen LogP contribution is -2.62. The fourth-order valence-electron chi connectivity index (χ4n) is 3.85. The smallest absolute Gasteiger partial charge is 0.307 e. The summed E-state index contributed by atoms with van der Waals surface area (Å²) in [7, 11) is 0. The molecule has 18 heavy (non-hydrogen) atoms. The van der Waals surface area contributed by atoms with Crippen molar-refractivity contribution in [1.82, 2.24) is 10.2 Å². The van der Waals surface area contributed by atoms with E-state index in [1.165, 1.54) is 0 Å². The van der Waals surface area contributed by atoms with Gasteiger partial charge in [-0.05, 0) is 53.5 Å². The van der Waals surface area contributed by atoms with Gasteiger partial charge in [0.25, 0.3) is 0 Å². The number of hydrogen-bond acceptors (Lipinski definition) is 3. The van der Waals surface area contributed by atoms with Crippen LogP contribution < -0.4 is 5.32 Å². The number of nitrogens with one attached hydrogen (secondary N) is 1. The molecule has 0 aromatic heterocycles. The Morgan fingerprint density at radius 2 is 1.78 bits per heavy atom. The molecule has 2 aliphatic heterocycles. The average molecular weight is 254 g/mol. The molecule has 0 bridgehead atoms. The molecule has 0 amide bonds. The van der Waals surface area contributed by atoms with E-state index in [0.29, 0.717) is 6.04 Å². The lowest BCUT2D eigenvalue weighted by molar-refractivity contribution is -0.141. The molecule has 0 aliphatic carbocycles. The van der Waals surface area contributed by atoms with Crippen molar-refractivity contribution >= 4 is 5.97 Å². The third kappa shape index (κ3) is 3.04. The maximum atomic E-state index is 11.0. The molecule has 0 radical (unpaired) electrons. The summed E-state index contributed by atoms with van der Waals surface area (Å²) in [5.41, 5.74) is 0.265. The highest BCUT2D eigenvalue weighted by Crippen LogP contribution is 2.33. The summed E-state index contributed by atoms with van der Waals surface area (Å²) in [6, 6.07) is 0.514. The van der Waals surface area contributed by atoms with Crippen LogP contribution in [-0.4, -0.2) is 46.2 Å². The van der Waals surface area contributed by atoms with E-state index in [0.717, 1.165) is 32.4 Å². The number of rotatable bonds is 2. The number of likely N-dealkylation sites (tertiary alicyclic amines) is 1. The predicted molar refractivity (Wildman–Crippen MR) is 71.6 cm³/mol. The summed E-state index contributed by atoms with van der Waals surface area (Å²) < 4.78 is 0. The predicted octanol–water partition coefficient (Wildman–Crippen LogP) is 1.70. The van der Waals surface area contributed by atoms with Crippen LogP contribution in [0.4, 0.5) is 0 Å². The second-order valence-electron chi connectivity index (χ2n) is 7.27. The Balaban J connectivity index is 2.03. The Labute approximate surface area is 110 Å². The van der Waals surface area contributed by atoms with E-state index in [2.05, 4.69) is 37.9 Å². The minimum absolute atomic E-state index is 0.133. The quantitative estimate of drug-likeness (QED) is 0.787. The molecule has 2 aliphatic rings. The first-order valence-corrected chi connectivity index (χ1v) is 6.95. The number of nitrogens with zero attached hydrogens (tertiary/aromatic N) is 1. The van der Waals surface area contributed by atoms with Crippen LogP contribution in [0.2, 0.25) is 0 Å². The van der Waals surface area contributed by atoms with E-state index in [4.69, 9.17) is 5.11 Å². The molecule has 104 valence electrons. The molecular formula is C14H26N2O2. The van der Waals surface area contributed by atoms with Crippen molar-refractivity contribution in [2.24, 2.45) is 5.92 Å². The van der Waals surface area contributed by atoms with Gasteiger partial charge in [0.15, 0.2) is 0 Å². The monoisotopic (exact) mass is 254 g/mol. The molecule has 2 rings (SSSR count). The SMILES string of the molecule is CC1(C)CC(N2CCC(C(=O)O)C2)CC(C)(C)N1. The second-order valence-corrected chi connectivity index (χ2v) is 7.27. The first-order chi connectivity index (χ1) is 8.19. The van der Waals surface area contributed by atoms with Gasteiger partial charge < -0.3 is 10.4 Å². The number of piperidine rings is 1. The fraction of sp³-hybridized carbons (Fsp3) is 0.929. The molecule has 0 spiro atoms. The minimum Gasteiger partial charge on any atom is -0.481 e. The zero-order valence-electron chi connectivity index (χ0n) is 12.0. The van der Waals surface area contributed by atoms with Gasteiger partial charge in [-0.15, -0.1) is 0 Å². The molecule has 1 unspecified atom stereocenters. The van der Waals surface area contributed by atoms with Gasteiger partial charge in [-0.2, -0.15) is 0 Å². The normalized spacial score (nSPS) is 32.6. The van der Waals surface area contributed by atoms with Crippen LogP contribution in [0.25, 0.3) is 0 Å². The van der Waals surface area contributed by atoms with E-state index in [1.54, 1.807) is 0 Å². The van der Waals surface area contributed by atoms with E-state index in [-0.39, 0.29) is 17.0 Å². The van der Waals surface area contributed by atoms with Gasteiger partial charge in [-0.3, -0.25) is 9.69 Å². The molecule has 4 nitrogen and oxygen atoms in total. The number of carbonyl (C=O) groups is 1. The van der Waals surface area contributed by atoms with Gasteiger partial charge in [-0.1, -0.05) is 0 Å². The van der Waals surface area contributed by atoms with Gasteiger partial charge >= 0.3 is 5.97 Å². The summed E-state index contributed by atoms with van der Waals surface area (Å²) in [4.78, 5) is 13.4. The molecule has 0 saturated carbocycles. The third-order valence-corrected chi connectivity index (χ3v) is 4.25. The summed E-state index contributed by atoms with van der Waals surface area (Å²) in [6.45, 7) is 10.6. The topological polar surface area (TPSA) is 52.6 Å². The van der Waals surface area contributed by atoms with Crippen molar-refractivity contribution in [2.45, 2.75) is 64.1 Å². The molecule has 2 heterocycles. The van der Waals surface area contributed by atoms with Gasteiger partial charge in [0.1, 0.15) is 0 Å². The molecule has 1 atom stereocenters. The average Bonchev–Trinajstić information content (AvgIpc) is 2.60. The Hall–Kier alpha value is -0.610. The van der Waals surface area contributed by atoms with Crippen LogP contribution >= 0.6 is 0 Å². The zero-order chi connectivity index (χ0) is 13.6. The fourth-order valence-corrected chi connectivity index (χ4v) is 3.85. The number of carboxylic acids is 1. The Morgan fingerprint density at radius 3 is 2.22 bits per heavy atom. The van der Waals surface area contributed by atoms with E-state index >= 15 is 0 Å². The molecular weight excluding hydrogens is 228 g/mol. The van der Waals surface area contributed by atoms with Crippen LogP contribution in [0.15, 0.2) is 0 Å². The Bertz CT molecular complexity index is 323. The first kappa shape index (κ1) is 13.8. The second kappa shape index (κ2) is 4.49. The van der Waals surface area contributed by atoms with Gasteiger partial charge in [0.2, 0.25) is 0 Å². The maximum Gasteiger partial charge on any atom is 0.307 e. The summed E-state index contributed by atoms with van der Waals surface area (Å²) in [5, 5.41) is 12.8. The van der Waals surface area contributed by atoms with Gasteiger partial charge in [0, 0.05) is 23.7 Å². The van der Waals surface area contributed by atoms with Crippen molar-refractivity contribution < 1.29 is 9.90 Å². The largest absolute Gasteiger partial charge is 0.481 e. The van der Waals surface area contributed by atoms with Crippen molar-refractivity contribution in [3.05, 3.63) is 0 Å². The van der Waals surface area contributed by atoms with Crippen LogP contribution in [0, 0.1) is 5.92 Å². The van der Waals surface area contributed by atoms with Crippen LogP contribution in [0.5, 0.6) is 0 Å². The minimum atomic E-state index is -0.634. The summed E-state index contributed by atoms with van der Waals surface area (Å²) >= 11 is 0. The molecule has 2 fully saturated rings. The lowest BCUT2D eigenvalue weighted by atomic mass is 9.79. The highest BCUT2D eigenvalue weighted by molar-refractivity contribution is 5.70. The van der Waals surface area contributed by atoms with Gasteiger partial charge in [0.05, 0.1) is 5.92 Å². The third-order valence-electron chi connectivity index (χ3n) is 4.25. The first-order valence-electron chi connectivity index (χ1n) is 6.95. The van der Waals surface area contributed by atoms with E-state index in [9.17, 15) is 4.79 Å². The molecule has 2 N–H and O–H groups in total. The molecule has 0 aromatic rings. The summed E-state index contributed by atoms with van der Waals surface area (Å²) in [6.07, 6.45) is 3.01. The van der Waals surface area contributed by atoms with E-state index < -0.39 is 5.97 Å².